The van der Waals surface area contributed by atoms with Crippen molar-refractivity contribution in [1.29, 1.82) is 0 Å². The smallest absolute Gasteiger partial charge is 0.274 e. The van der Waals surface area contributed by atoms with Crippen molar-refractivity contribution in [2.24, 2.45) is 0 Å². The summed E-state index contributed by atoms with van der Waals surface area (Å²) >= 11 is 1.53. The minimum Gasteiger partial charge on any atom is -0.495 e. The molecular formula is C25H32N4O6S2. The molecule has 3 aromatic rings. The Bertz CT molecular complexity index is 1250. The molecule has 3 rings (SSSR count). The van der Waals surface area contributed by atoms with E-state index >= 15 is 0 Å². The number of methoxy groups -OCH3 is 1. The van der Waals surface area contributed by atoms with E-state index < -0.39 is 16.8 Å². The Morgan fingerprint density at radius 1 is 1.16 bits per heavy atom. The van der Waals surface area contributed by atoms with Crippen LogP contribution in [-0.4, -0.2) is 51.3 Å². The Kier molecular flexibility index (Phi) is 10.5. The maximum atomic E-state index is 12.2. The third kappa shape index (κ3) is 7.57. The van der Waals surface area contributed by atoms with Gasteiger partial charge in [-0.25, -0.2) is 18.9 Å². The van der Waals surface area contributed by atoms with E-state index in [0.29, 0.717) is 17.2 Å². The summed E-state index contributed by atoms with van der Waals surface area (Å²) in [5.41, 5.74) is 3.93. The molecule has 10 nitrogen and oxygen atoms in total. The molecule has 3 N–H and O–H groups in total. The minimum atomic E-state index is -2.99. The van der Waals surface area contributed by atoms with E-state index in [0.717, 1.165) is 47.1 Å². The van der Waals surface area contributed by atoms with Crippen molar-refractivity contribution < 1.29 is 27.9 Å². The molecule has 0 fully saturated rings. The molecule has 12 heteroatoms. The van der Waals surface area contributed by atoms with Gasteiger partial charge in [0.2, 0.25) is 10.9 Å². The normalized spacial score (nSPS) is 10.8. The van der Waals surface area contributed by atoms with E-state index in [4.69, 9.17) is 14.7 Å². The van der Waals surface area contributed by atoms with Crippen LogP contribution in [0, 0.1) is 6.92 Å². The van der Waals surface area contributed by atoms with Crippen LogP contribution in [0.2, 0.25) is 0 Å². The van der Waals surface area contributed by atoms with Gasteiger partial charge < -0.3 is 14.8 Å². The molecule has 0 aliphatic carbocycles. The Hall–Kier alpha value is -3.35. The van der Waals surface area contributed by atoms with Crippen LogP contribution in [0.1, 0.15) is 42.2 Å². The lowest BCUT2D eigenvalue weighted by atomic mass is 10.1. The first-order valence-electron chi connectivity index (χ1n) is 11.9. The lowest BCUT2D eigenvalue weighted by Crippen LogP contribution is -2.27. The number of carbonyl (C=O) groups excluding carboxylic acids is 1. The van der Waals surface area contributed by atoms with Crippen LogP contribution in [0.25, 0.3) is 10.4 Å². The highest BCUT2D eigenvalue weighted by atomic mass is 32.2. The fourth-order valence-corrected chi connectivity index (χ4v) is 5.22. The molecule has 2 aromatic carbocycles. The molecule has 0 bridgehead atoms. The van der Waals surface area contributed by atoms with Crippen molar-refractivity contribution in [2.45, 2.75) is 33.1 Å². The number of nitrogens with one attached hydrogen (secondary N) is 2. The Morgan fingerprint density at radius 3 is 2.57 bits per heavy atom. The van der Waals surface area contributed by atoms with Gasteiger partial charge >= 0.3 is 0 Å². The number of anilines is 2. The van der Waals surface area contributed by atoms with Crippen LogP contribution in [-0.2, 0) is 10.9 Å². The number of hydrogen-bond donors (Lipinski definition) is 4. The standard InChI is InChI=1S/C25H32N4O6S2/c1-4-5-6-13-26-25-27-17(2)23(36-25)19-9-12-22(34-3)21(16-19)29(37(32)33)14-15-35-20-10-7-18(8-11-20)24(30)28-31/h7-12,16,31,37H,4-6,13-15H2,1-3H3,(H,26,27)(H,28,30). The third-order valence-electron chi connectivity index (χ3n) is 5.56. The molecule has 0 unspecified atom stereocenters. The molecule has 37 heavy (non-hydrogen) atoms. The highest BCUT2D eigenvalue weighted by Gasteiger charge is 2.18. The van der Waals surface area contributed by atoms with Crippen molar-refractivity contribution in [3.63, 3.8) is 0 Å². The maximum Gasteiger partial charge on any atom is 0.274 e. The number of thiazole rings is 1. The second kappa shape index (κ2) is 13.8. The van der Waals surface area contributed by atoms with E-state index in [-0.39, 0.29) is 18.7 Å². The Labute approximate surface area is 222 Å². The number of ether oxygens (including phenoxy) is 2. The number of nitrogens with zero attached hydrogens (tertiary/aromatic N) is 2. The number of carbonyl (C=O) groups is 1. The molecule has 200 valence electrons. The molecule has 1 amide bonds. The van der Waals surface area contributed by atoms with Crippen LogP contribution in [0.3, 0.4) is 0 Å². The molecule has 0 saturated carbocycles. The van der Waals surface area contributed by atoms with E-state index in [1.807, 2.05) is 13.0 Å². The van der Waals surface area contributed by atoms with Crippen molar-refractivity contribution >= 4 is 39.0 Å². The molecule has 0 aliphatic heterocycles. The molecular weight excluding hydrogens is 516 g/mol. The number of thiol groups is 1. The molecule has 0 aliphatic rings. The minimum absolute atomic E-state index is 0.0449. The maximum absolute atomic E-state index is 12.2. The van der Waals surface area contributed by atoms with Crippen LogP contribution in [0.5, 0.6) is 11.5 Å². The van der Waals surface area contributed by atoms with Crippen LogP contribution < -0.4 is 24.6 Å². The second-order valence-electron chi connectivity index (χ2n) is 8.13. The number of hydroxylamine groups is 1. The quantitative estimate of drug-likeness (QED) is 0.102. The molecule has 1 aromatic heterocycles. The van der Waals surface area contributed by atoms with Crippen LogP contribution in [0.15, 0.2) is 42.5 Å². The predicted octanol–water partition coefficient (Wildman–Crippen LogP) is 4.26. The fourth-order valence-electron chi connectivity index (χ4n) is 3.65. The summed E-state index contributed by atoms with van der Waals surface area (Å²) in [6.45, 7) is 5.06. The second-order valence-corrected chi connectivity index (χ2v) is 10.1. The van der Waals surface area contributed by atoms with Gasteiger partial charge in [-0.05, 0) is 61.4 Å². The predicted molar refractivity (Wildman–Crippen MR) is 146 cm³/mol. The number of amides is 1. The van der Waals surface area contributed by atoms with E-state index in [2.05, 4.69) is 17.2 Å². The summed E-state index contributed by atoms with van der Waals surface area (Å²) in [5, 5.41) is 12.9. The lowest BCUT2D eigenvalue weighted by Gasteiger charge is -2.21. The average molecular weight is 549 g/mol. The van der Waals surface area contributed by atoms with Crippen LogP contribution in [0.4, 0.5) is 10.8 Å². The van der Waals surface area contributed by atoms with Gasteiger partial charge in [-0.3, -0.25) is 14.3 Å². The van der Waals surface area contributed by atoms with Gasteiger partial charge in [-0.1, -0.05) is 31.1 Å². The summed E-state index contributed by atoms with van der Waals surface area (Å²) in [6.07, 6.45) is 3.38. The SMILES string of the molecule is CCCCCNc1nc(C)c(-c2ccc(OC)c(N(CCOc3ccc(C(=O)NO)cc3)[SH](=O)=O)c2)s1. The highest BCUT2D eigenvalue weighted by Crippen LogP contribution is 2.38. The fraction of sp³-hybridized carbons (Fsp3) is 0.360. The zero-order chi connectivity index (χ0) is 26.8. The van der Waals surface area contributed by atoms with Crippen molar-refractivity contribution in [2.75, 3.05) is 36.4 Å². The molecule has 0 saturated heterocycles. The lowest BCUT2D eigenvalue weighted by molar-refractivity contribution is 0.0706. The first kappa shape index (κ1) is 28.2. The Balaban J connectivity index is 1.76. The summed E-state index contributed by atoms with van der Waals surface area (Å²) < 4.78 is 36.8. The summed E-state index contributed by atoms with van der Waals surface area (Å²) in [5.74, 6) is 0.238. The highest BCUT2D eigenvalue weighted by molar-refractivity contribution is 7.74. The van der Waals surface area contributed by atoms with Crippen LogP contribution >= 0.6 is 11.3 Å². The van der Waals surface area contributed by atoms with Crippen molar-refractivity contribution in [1.82, 2.24) is 10.5 Å². The van der Waals surface area contributed by atoms with E-state index in [1.165, 1.54) is 34.9 Å². The molecule has 0 atom stereocenters. The summed E-state index contributed by atoms with van der Waals surface area (Å²) in [4.78, 5) is 17.0. The number of hydrogen-bond acceptors (Lipinski definition) is 9. The van der Waals surface area contributed by atoms with Crippen molar-refractivity contribution in [3.8, 4) is 21.9 Å². The van der Waals surface area contributed by atoms with Gasteiger partial charge in [0.25, 0.3) is 5.91 Å². The van der Waals surface area contributed by atoms with E-state index in [1.54, 1.807) is 29.7 Å². The van der Waals surface area contributed by atoms with Gasteiger partial charge in [-0.15, -0.1) is 0 Å². The third-order valence-corrected chi connectivity index (χ3v) is 7.53. The zero-order valence-electron chi connectivity index (χ0n) is 21.0. The number of rotatable bonds is 14. The molecule has 0 radical (unpaired) electrons. The number of aryl methyl sites for hydroxylation is 1. The Morgan fingerprint density at radius 2 is 1.92 bits per heavy atom. The first-order chi connectivity index (χ1) is 17.9. The van der Waals surface area contributed by atoms with Gasteiger partial charge in [-0.2, -0.15) is 0 Å². The number of benzene rings is 2. The first-order valence-corrected chi connectivity index (χ1v) is 13.8. The van der Waals surface area contributed by atoms with Gasteiger partial charge in [0, 0.05) is 12.1 Å². The zero-order valence-corrected chi connectivity index (χ0v) is 22.7. The summed E-state index contributed by atoms with van der Waals surface area (Å²) in [6, 6.07) is 11.5. The number of aromatic nitrogens is 1. The van der Waals surface area contributed by atoms with Gasteiger partial charge in [0.15, 0.2) is 5.13 Å². The van der Waals surface area contributed by atoms with Gasteiger partial charge in [0.1, 0.15) is 18.1 Å². The topological polar surface area (TPSA) is 130 Å². The number of unbranched alkanes of at least 4 members (excludes halogenated alkanes) is 2. The summed E-state index contributed by atoms with van der Waals surface area (Å²) in [7, 11) is -1.49. The van der Waals surface area contributed by atoms with Gasteiger partial charge in [0.05, 0.1) is 29.9 Å². The molecule has 0 spiro atoms. The molecule has 1 heterocycles. The average Bonchev–Trinajstić information content (AvgIpc) is 3.28. The monoisotopic (exact) mass is 548 g/mol. The van der Waals surface area contributed by atoms with Crippen molar-refractivity contribution in [3.05, 3.63) is 53.7 Å². The van der Waals surface area contributed by atoms with E-state index in [9.17, 15) is 13.2 Å². The largest absolute Gasteiger partial charge is 0.495 e.